The van der Waals surface area contributed by atoms with E-state index in [2.05, 4.69) is 20.2 Å². The van der Waals surface area contributed by atoms with Crippen LogP contribution in [0, 0.1) is 0 Å². The molecule has 106 valence electrons. The lowest BCUT2D eigenvalue weighted by Crippen LogP contribution is -2.45. The predicted molar refractivity (Wildman–Crippen MR) is 73.1 cm³/mol. The third kappa shape index (κ3) is 4.12. The number of ether oxygens (including phenoxy) is 2. The highest BCUT2D eigenvalue weighted by Crippen LogP contribution is 2.15. The fraction of sp³-hybridized carbons (Fsp3) is 0.692. The van der Waals surface area contributed by atoms with Crippen molar-refractivity contribution in [1.82, 2.24) is 15.3 Å². The summed E-state index contributed by atoms with van der Waals surface area (Å²) in [5.41, 5.74) is 0. The van der Waals surface area contributed by atoms with Gasteiger partial charge in [-0.2, -0.15) is 0 Å². The van der Waals surface area contributed by atoms with Crippen molar-refractivity contribution in [3.8, 4) is 0 Å². The molecule has 6 heteroatoms. The van der Waals surface area contributed by atoms with Crippen LogP contribution in [0.1, 0.15) is 12.8 Å². The average Bonchev–Trinajstić information content (AvgIpc) is 2.50. The monoisotopic (exact) mass is 266 g/mol. The molecule has 1 aliphatic rings. The maximum Gasteiger partial charge on any atom is 0.225 e. The fourth-order valence-corrected chi connectivity index (χ4v) is 2.26. The van der Waals surface area contributed by atoms with Crippen LogP contribution in [0.5, 0.6) is 0 Å². The van der Waals surface area contributed by atoms with Crippen LogP contribution in [-0.2, 0) is 9.47 Å². The number of nitrogens with one attached hydrogen (secondary N) is 1. The SMILES string of the molecule is COC(CNC1CCN(c2ncccn2)CC1)OC. The van der Waals surface area contributed by atoms with Crippen molar-refractivity contribution < 1.29 is 9.47 Å². The van der Waals surface area contributed by atoms with Crippen LogP contribution < -0.4 is 10.2 Å². The minimum atomic E-state index is -0.171. The number of aromatic nitrogens is 2. The zero-order chi connectivity index (χ0) is 13.5. The first kappa shape index (κ1) is 14.2. The van der Waals surface area contributed by atoms with E-state index in [0.717, 1.165) is 38.4 Å². The molecule has 1 aromatic heterocycles. The van der Waals surface area contributed by atoms with E-state index in [-0.39, 0.29) is 6.29 Å². The zero-order valence-corrected chi connectivity index (χ0v) is 11.6. The summed E-state index contributed by atoms with van der Waals surface area (Å²) in [6.07, 6.45) is 5.56. The van der Waals surface area contributed by atoms with Crippen molar-refractivity contribution >= 4 is 5.95 Å². The van der Waals surface area contributed by atoms with Gasteiger partial charge in [-0.15, -0.1) is 0 Å². The molecule has 0 unspecified atom stereocenters. The zero-order valence-electron chi connectivity index (χ0n) is 11.6. The molecule has 1 aromatic rings. The Kier molecular flexibility index (Phi) is 5.50. The van der Waals surface area contributed by atoms with Gasteiger partial charge >= 0.3 is 0 Å². The Balaban J connectivity index is 1.74. The molecule has 0 aromatic carbocycles. The van der Waals surface area contributed by atoms with Crippen LogP contribution >= 0.6 is 0 Å². The normalized spacial score (nSPS) is 17.1. The van der Waals surface area contributed by atoms with E-state index in [1.165, 1.54) is 0 Å². The van der Waals surface area contributed by atoms with Crippen molar-refractivity contribution in [1.29, 1.82) is 0 Å². The third-order valence-electron chi connectivity index (χ3n) is 3.43. The summed E-state index contributed by atoms with van der Waals surface area (Å²) in [4.78, 5) is 10.8. The molecule has 1 aliphatic heterocycles. The molecule has 0 radical (unpaired) electrons. The lowest BCUT2D eigenvalue weighted by atomic mass is 10.1. The van der Waals surface area contributed by atoms with Crippen LogP contribution in [0.4, 0.5) is 5.95 Å². The molecule has 1 N–H and O–H groups in total. The molecular formula is C13H22N4O2. The lowest BCUT2D eigenvalue weighted by Gasteiger charge is -2.32. The quantitative estimate of drug-likeness (QED) is 0.763. The average molecular weight is 266 g/mol. The van der Waals surface area contributed by atoms with E-state index >= 15 is 0 Å². The first-order valence-electron chi connectivity index (χ1n) is 6.64. The molecule has 19 heavy (non-hydrogen) atoms. The highest BCUT2D eigenvalue weighted by Gasteiger charge is 2.21. The van der Waals surface area contributed by atoms with Gasteiger partial charge in [0.1, 0.15) is 0 Å². The molecular weight excluding hydrogens is 244 g/mol. The third-order valence-corrected chi connectivity index (χ3v) is 3.43. The van der Waals surface area contributed by atoms with Gasteiger partial charge in [-0.25, -0.2) is 9.97 Å². The molecule has 2 heterocycles. The Bertz CT molecular complexity index is 351. The van der Waals surface area contributed by atoms with E-state index in [4.69, 9.17) is 9.47 Å². The van der Waals surface area contributed by atoms with Crippen molar-refractivity contribution in [3.05, 3.63) is 18.5 Å². The van der Waals surface area contributed by atoms with Gasteiger partial charge < -0.3 is 19.7 Å². The summed E-state index contributed by atoms with van der Waals surface area (Å²) in [5, 5.41) is 3.48. The largest absolute Gasteiger partial charge is 0.355 e. The number of rotatable bonds is 6. The number of methoxy groups -OCH3 is 2. The Morgan fingerprint density at radius 2 is 1.89 bits per heavy atom. The smallest absolute Gasteiger partial charge is 0.225 e. The van der Waals surface area contributed by atoms with Gasteiger partial charge in [0, 0.05) is 52.3 Å². The molecule has 6 nitrogen and oxygen atoms in total. The molecule has 1 fully saturated rings. The fourth-order valence-electron chi connectivity index (χ4n) is 2.26. The van der Waals surface area contributed by atoms with Crippen molar-refractivity contribution in [3.63, 3.8) is 0 Å². The van der Waals surface area contributed by atoms with Gasteiger partial charge in [-0.3, -0.25) is 0 Å². The maximum absolute atomic E-state index is 5.17. The molecule has 2 rings (SSSR count). The van der Waals surface area contributed by atoms with Gasteiger partial charge in [-0.05, 0) is 18.9 Å². The Labute approximate surface area is 114 Å². The van der Waals surface area contributed by atoms with Gasteiger partial charge in [-0.1, -0.05) is 0 Å². The van der Waals surface area contributed by atoms with Gasteiger partial charge in [0.05, 0.1) is 0 Å². The van der Waals surface area contributed by atoms with Crippen molar-refractivity contribution in [2.45, 2.75) is 25.2 Å². The van der Waals surface area contributed by atoms with E-state index in [1.54, 1.807) is 26.6 Å². The minimum absolute atomic E-state index is 0.171. The molecule has 0 saturated carbocycles. The topological polar surface area (TPSA) is 59.5 Å². The minimum Gasteiger partial charge on any atom is -0.355 e. The molecule has 0 bridgehead atoms. The van der Waals surface area contributed by atoms with E-state index in [9.17, 15) is 0 Å². The lowest BCUT2D eigenvalue weighted by molar-refractivity contribution is -0.100. The van der Waals surface area contributed by atoms with Crippen LogP contribution in [0.25, 0.3) is 0 Å². The van der Waals surface area contributed by atoms with Gasteiger partial charge in [0.15, 0.2) is 6.29 Å². The van der Waals surface area contributed by atoms with Gasteiger partial charge in [0.25, 0.3) is 0 Å². The van der Waals surface area contributed by atoms with Crippen LogP contribution in [-0.4, -0.2) is 56.2 Å². The van der Waals surface area contributed by atoms with Crippen LogP contribution in [0.3, 0.4) is 0 Å². The maximum atomic E-state index is 5.17. The van der Waals surface area contributed by atoms with Crippen molar-refractivity contribution in [2.75, 3.05) is 38.8 Å². The standard InChI is InChI=1S/C13H22N4O2/c1-18-12(19-2)10-16-11-4-8-17(9-5-11)13-14-6-3-7-15-13/h3,6-7,11-12,16H,4-5,8-10H2,1-2H3. The Morgan fingerprint density at radius 1 is 1.26 bits per heavy atom. The number of hydrogen-bond acceptors (Lipinski definition) is 6. The predicted octanol–water partition coefficient (Wildman–Crippen LogP) is 0.654. The highest BCUT2D eigenvalue weighted by molar-refractivity contribution is 5.29. The molecule has 0 amide bonds. The van der Waals surface area contributed by atoms with Crippen molar-refractivity contribution in [2.24, 2.45) is 0 Å². The number of anilines is 1. The summed E-state index contributed by atoms with van der Waals surface area (Å²) in [6, 6.07) is 2.35. The number of nitrogens with zero attached hydrogens (tertiary/aromatic N) is 3. The van der Waals surface area contributed by atoms with E-state index < -0.39 is 0 Å². The molecule has 0 atom stereocenters. The van der Waals surface area contributed by atoms with Crippen LogP contribution in [0.2, 0.25) is 0 Å². The second-order valence-corrected chi connectivity index (χ2v) is 4.62. The summed E-state index contributed by atoms with van der Waals surface area (Å²) in [7, 11) is 3.32. The van der Waals surface area contributed by atoms with E-state index in [1.807, 2.05) is 6.07 Å². The molecule has 1 saturated heterocycles. The van der Waals surface area contributed by atoms with E-state index in [0.29, 0.717) is 6.04 Å². The number of piperidine rings is 1. The first-order chi connectivity index (χ1) is 9.33. The second kappa shape index (κ2) is 7.37. The molecule has 0 spiro atoms. The summed E-state index contributed by atoms with van der Waals surface area (Å²) >= 11 is 0. The van der Waals surface area contributed by atoms with Gasteiger partial charge in [0.2, 0.25) is 5.95 Å². The second-order valence-electron chi connectivity index (χ2n) is 4.62. The highest BCUT2D eigenvalue weighted by atomic mass is 16.7. The number of hydrogen-bond donors (Lipinski definition) is 1. The van der Waals surface area contributed by atoms with Crippen LogP contribution in [0.15, 0.2) is 18.5 Å². The molecule has 0 aliphatic carbocycles. The summed E-state index contributed by atoms with van der Waals surface area (Å²) in [5.74, 6) is 0.826. The first-order valence-corrected chi connectivity index (χ1v) is 6.64. The summed E-state index contributed by atoms with van der Waals surface area (Å²) < 4.78 is 10.3. The summed E-state index contributed by atoms with van der Waals surface area (Å²) in [6.45, 7) is 2.68. The Hall–Kier alpha value is -1.24. The Morgan fingerprint density at radius 3 is 2.47 bits per heavy atom.